The Bertz CT molecular complexity index is 1210. The Kier molecular flexibility index (Phi) is 5.22. The van der Waals surface area contributed by atoms with Gasteiger partial charge in [0.15, 0.2) is 0 Å². The second kappa shape index (κ2) is 8.32. The standard InChI is InChI=1S/C25H22N4OS/c1-2-24(30)29-23(15-22(26-29)19-13-14-31-17-19)21-16-28(20-11-7-4-8-12-20)27-25(21)18-9-5-3-6-10-18/h3-14,16-17,23H,2,15H2,1H3/t23-/m0/s1. The molecule has 3 heterocycles. The van der Waals surface area contributed by atoms with Crippen molar-refractivity contribution in [1.82, 2.24) is 14.8 Å². The maximum Gasteiger partial charge on any atom is 0.242 e. The van der Waals surface area contributed by atoms with Crippen molar-refractivity contribution in [3.8, 4) is 16.9 Å². The maximum absolute atomic E-state index is 12.8. The zero-order valence-electron chi connectivity index (χ0n) is 17.2. The van der Waals surface area contributed by atoms with Gasteiger partial charge in [0.1, 0.15) is 0 Å². The molecule has 0 unspecified atom stereocenters. The van der Waals surface area contributed by atoms with Crippen molar-refractivity contribution in [2.45, 2.75) is 25.8 Å². The first-order valence-electron chi connectivity index (χ1n) is 10.4. The van der Waals surface area contributed by atoms with Gasteiger partial charge in [0.2, 0.25) is 5.91 Å². The number of benzene rings is 2. The number of para-hydroxylation sites is 1. The summed E-state index contributed by atoms with van der Waals surface area (Å²) in [6.07, 6.45) is 3.12. The lowest BCUT2D eigenvalue weighted by Gasteiger charge is -2.21. The Balaban J connectivity index is 1.62. The van der Waals surface area contributed by atoms with Crippen LogP contribution in [-0.2, 0) is 4.79 Å². The molecular formula is C25H22N4OS. The molecule has 0 aliphatic carbocycles. The van der Waals surface area contributed by atoms with Crippen LogP contribution in [0.4, 0.5) is 0 Å². The summed E-state index contributed by atoms with van der Waals surface area (Å²) in [4.78, 5) is 12.8. The minimum absolute atomic E-state index is 0.0155. The van der Waals surface area contributed by atoms with Gasteiger partial charge in [-0.2, -0.15) is 21.5 Å². The van der Waals surface area contributed by atoms with E-state index in [4.69, 9.17) is 10.2 Å². The molecule has 0 N–H and O–H groups in total. The molecule has 1 aliphatic heterocycles. The molecule has 1 atom stereocenters. The lowest BCUT2D eigenvalue weighted by atomic mass is 9.97. The lowest BCUT2D eigenvalue weighted by Crippen LogP contribution is -2.26. The summed E-state index contributed by atoms with van der Waals surface area (Å²) in [7, 11) is 0. The number of carbonyl (C=O) groups is 1. The first kappa shape index (κ1) is 19.5. The third-order valence-corrected chi connectivity index (χ3v) is 6.18. The van der Waals surface area contributed by atoms with Gasteiger partial charge in [-0.1, -0.05) is 55.5 Å². The van der Waals surface area contributed by atoms with E-state index in [0.717, 1.165) is 33.8 Å². The zero-order chi connectivity index (χ0) is 21.2. The Hall–Kier alpha value is -3.51. The average Bonchev–Trinajstić information content (AvgIpc) is 3.58. The van der Waals surface area contributed by atoms with Gasteiger partial charge in [0.25, 0.3) is 0 Å². The summed E-state index contributed by atoms with van der Waals surface area (Å²) in [5, 5.41) is 15.5. The van der Waals surface area contributed by atoms with Crippen LogP contribution < -0.4 is 0 Å². The van der Waals surface area contributed by atoms with Gasteiger partial charge in [-0.05, 0) is 29.0 Å². The number of aromatic nitrogens is 2. The number of nitrogens with zero attached hydrogens (tertiary/aromatic N) is 4. The fourth-order valence-corrected chi connectivity index (χ4v) is 4.58. The first-order valence-corrected chi connectivity index (χ1v) is 11.3. The number of rotatable bonds is 5. The molecule has 0 saturated heterocycles. The molecule has 0 fully saturated rings. The van der Waals surface area contributed by atoms with Crippen LogP contribution in [0.15, 0.2) is 88.8 Å². The largest absolute Gasteiger partial charge is 0.273 e. The number of thiophene rings is 1. The minimum Gasteiger partial charge on any atom is -0.273 e. The molecule has 0 spiro atoms. The van der Waals surface area contributed by atoms with E-state index in [1.807, 2.05) is 71.7 Å². The van der Waals surface area contributed by atoms with Crippen molar-refractivity contribution >= 4 is 23.0 Å². The van der Waals surface area contributed by atoms with Gasteiger partial charge in [0.05, 0.1) is 23.1 Å². The first-order chi connectivity index (χ1) is 15.2. The summed E-state index contributed by atoms with van der Waals surface area (Å²) in [6, 6.07) is 22.1. The van der Waals surface area contributed by atoms with Crippen molar-refractivity contribution in [3.05, 3.63) is 94.8 Å². The van der Waals surface area contributed by atoms with E-state index in [2.05, 4.69) is 23.6 Å². The second-order valence-electron chi connectivity index (χ2n) is 7.45. The molecule has 0 bridgehead atoms. The minimum atomic E-state index is -0.185. The van der Waals surface area contributed by atoms with Gasteiger partial charge in [0, 0.05) is 35.7 Å². The normalized spacial score (nSPS) is 15.8. The molecule has 5 nitrogen and oxygen atoms in total. The Morgan fingerprint density at radius 3 is 2.45 bits per heavy atom. The van der Waals surface area contributed by atoms with Gasteiger partial charge >= 0.3 is 0 Å². The van der Waals surface area contributed by atoms with Crippen LogP contribution in [0.3, 0.4) is 0 Å². The molecule has 1 aliphatic rings. The molecule has 5 rings (SSSR count). The number of hydrogen-bond acceptors (Lipinski definition) is 4. The quantitative estimate of drug-likeness (QED) is 0.412. The number of carbonyl (C=O) groups excluding carboxylic acids is 1. The molecule has 6 heteroatoms. The molecule has 154 valence electrons. The van der Waals surface area contributed by atoms with E-state index in [-0.39, 0.29) is 11.9 Å². The molecule has 0 radical (unpaired) electrons. The monoisotopic (exact) mass is 426 g/mol. The predicted molar refractivity (Wildman–Crippen MR) is 124 cm³/mol. The van der Waals surface area contributed by atoms with Crippen LogP contribution in [-0.4, -0.2) is 26.4 Å². The molecule has 2 aromatic heterocycles. The highest BCUT2D eigenvalue weighted by Gasteiger charge is 2.35. The smallest absolute Gasteiger partial charge is 0.242 e. The third kappa shape index (κ3) is 3.70. The van der Waals surface area contributed by atoms with Crippen LogP contribution in [0, 0.1) is 0 Å². The van der Waals surface area contributed by atoms with E-state index >= 15 is 0 Å². The Morgan fingerprint density at radius 1 is 1.03 bits per heavy atom. The maximum atomic E-state index is 12.8. The lowest BCUT2D eigenvalue weighted by molar-refractivity contribution is -0.132. The highest BCUT2D eigenvalue weighted by molar-refractivity contribution is 7.08. The van der Waals surface area contributed by atoms with E-state index in [0.29, 0.717) is 12.8 Å². The summed E-state index contributed by atoms with van der Waals surface area (Å²) in [6.45, 7) is 1.88. The van der Waals surface area contributed by atoms with Crippen molar-refractivity contribution in [2.24, 2.45) is 5.10 Å². The van der Waals surface area contributed by atoms with Gasteiger partial charge in [-0.25, -0.2) is 9.69 Å². The molecule has 31 heavy (non-hydrogen) atoms. The number of amides is 1. The van der Waals surface area contributed by atoms with Crippen molar-refractivity contribution < 1.29 is 4.79 Å². The van der Waals surface area contributed by atoms with E-state index in [1.165, 1.54) is 0 Å². The highest BCUT2D eigenvalue weighted by atomic mass is 32.1. The van der Waals surface area contributed by atoms with Gasteiger partial charge < -0.3 is 0 Å². The average molecular weight is 427 g/mol. The van der Waals surface area contributed by atoms with Gasteiger partial charge in [-0.15, -0.1) is 0 Å². The summed E-state index contributed by atoms with van der Waals surface area (Å²) < 4.78 is 1.90. The Labute approximate surface area is 185 Å². The number of hydrazone groups is 1. The number of hydrogen-bond donors (Lipinski definition) is 0. The fourth-order valence-electron chi connectivity index (χ4n) is 3.91. The van der Waals surface area contributed by atoms with E-state index in [9.17, 15) is 4.79 Å². The molecule has 0 saturated carbocycles. The van der Waals surface area contributed by atoms with Crippen LogP contribution >= 0.6 is 11.3 Å². The van der Waals surface area contributed by atoms with Crippen LogP contribution in [0.25, 0.3) is 16.9 Å². The summed E-state index contributed by atoms with van der Waals surface area (Å²) in [5.41, 5.74) is 5.92. The predicted octanol–water partition coefficient (Wildman–Crippen LogP) is 5.69. The van der Waals surface area contributed by atoms with E-state index < -0.39 is 0 Å². The van der Waals surface area contributed by atoms with Crippen LogP contribution in [0.5, 0.6) is 0 Å². The molecule has 1 amide bonds. The second-order valence-corrected chi connectivity index (χ2v) is 8.23. The van der Waals surface area contributed by atoms with Crippen LogP contribution in [0.1, 0.15) is 36.9 Å². The summed E-state index contributed by atoms with van der Waals surface area (Å²) >= 11 is 1.64. The van der Waals surface area contributed by atoms with E-state index in [1.54, 1.807) is 16.3 Å². The van der Waals surface area contributed by atoms with Crippen molar-refractivity contribution in [3.63, 3.8) is 0 Å². The SMILES string of the molecule is CCC(=O)N1N=C(c2ccsc2)C[C@H]1c1cn(-c2ccccc2)nc1-c1ccccc1. The summed E-state index contributed by atoms with van der Waals surface area (Å²) in [5.74, 6) is 0.0155. The molecule has 4 aromatic rings. The van der Waals surface area contributed by atoms with Crippen molar-refractivity contribution in [2.75, 3.05) is 0 Å². The Morgan fingerprint density at radius 2 is 1.77 bits per heavy atom. The fraction of sp³-hybridized carbons (Fsp3) is 0.160. The van der Waals surface area contributed by atoms with Gasteiger partial charge in [-0.3, -0.25) is 4.79 Å². The third-order valence-electron chi connectivity index (χ3n) is 5.49. The zero-order valence-corrected chi connectivity index (χ0v) is 18.0. The van der Waals surface area contributed by atoms with Crippen molar-refractivity contribution in [1.29, 1.82) is 0 Å². The van der Waals surface area contributed by atoms with Crippen LogP contribution in [0.2, 0.25) is 0 Å². The highest BCUT2D eigenvalue weighted by Crippen LogP contribution is 2.38. The topological polar surface area (TPSA) is 50.5 Å². The molecule has 2 aromatic carbocycles. The molecular weight excluding hydrogens is 404 g/mol.